The average molecular weight is 412 g/mol. The Hall–Kier alpha value is -3.22. The minimum Gasteiger partial charge on any atom is -0.442 e. The van der Waals surface area contributed by atoms with E-state index in [2.05, 4.69) is 60.4 Å². The Bertz CT molecular complexity index is 1040. The molecule has 1 aliphatic carbocycles. The van der Waals surface area contributed by atoms with Crippen molar-refractivity contribution in [2.45, 2.75) is 40.1 Å². The summed E-state index contributed by atoms with van der Waals surface area (Å²) in [4.78, 5) is 16.4. The van der Waals surface area contributed by atoms with Crippen molar-refractivity contribution in [3.8, 4) is 11.8 Å². The number of hydrogen-bond acceptors (Lipinski definition) is 2. The largest absolute Gasteiger partial charge is 0.442 e. The molecule has 2 nitrogen and oxygen atoms in total. The van der Waals surface area contributed by atoms with Gasteiger partial charge in [0.25, 0.3) is 0 Å². The molecule has 0 fully saturated rings. The SMILES string of the molecule is CC#CC1(OC(=O)c2ccc([S+](c3ccccc3)c3ccccc3)cc2)CC=CC1. The lowest BCUT2D eigenvalue weighted by molar-refractivity contribution is 0.0124. The van der Waals surface area contributed by atoms with Gasteiger partial charge < -0.3 is 4.74 Å². The van der Waals surface area contributed by atoms with E-state index in [1.165, 1.54) is 9.79 Å². The molecule has 0 heterocycles. The molecule has 0 aromatic heterocycles. The van der Waals surface area contributed by atoms with Crippen molar-refractivity contribution < 1.29 is 9.53 Å². The van der Waals surface area contributed by atoms with Gasteiger partial charge in [0.1, 0.15) is 0 Å². The van der Waals surface area contributed by atoms with Crippen LogP contribution in [-0.2, 0) is 15.6 Å². The van der Waals surface area contributed by atoms with Gasteiger partial charge in [-0.25, -0.2) is 4.79 Å². The molecule has 1 aliphatic rings. The highest BCUT2D eigenvalue weighted by Crippen LogP contribution is 2.32. The summed E-state index contributed by atoms with van der Waals surface area (Å²) in [6, 6.07) is 28.7. The molecule has 0 N–H and O–H groups in total. The molecule has 0 radical (unpaired) electrons. The summed E-state index contributed by atoms with van der Waals surface area (Å²) in [6.45, 7) is 1.77. The molecular formula is C27H23O2S+. The summed E-state index contributed by atoms with van der Waals surface area (Å²) in [5, 5.41) is 0. The quantitative estimate of drug-likeness (QED) is 0.221. The zero-order valence-electron chi connectivity index (χ0n) is 16.9. The Kier molecular flexibility index (Phi) is 6.07. The zero-order valence-corrected chi connectivity index (χ0v) is 17.7. The van der Waals surface area contributed by atoms with E-state index in [0.29, 0.717) is 18.4 Å². The average Bonchev–Trinajstić information content (AvgIpc) is 3.24. The van der Waals surface area contributed by atoms with Crippen LogP contribution in [0, 0.1) is 11.8 Å². The fourth-order valence-corrected chi connectivity index (χ4v) is 5.64. The van der Waals surface area contributed by atoms with Gasteiger partial charge in [0, 0.05) is 12.8 Å². The Morgan fingerprint density at radius 3 is 1.80 bits per heavy atom. The van der Waals surface area contributed by atoms with Gasteiger partial charge in [-0.05, 0) is 55.5 Å². The van der Waals surface area contributed by atoms with E-state index in [-0.39, 0.29) is 16.9 Å². The third-order valence-corrected chi connectivity index (χ3v) is 7.22. The molecule has 3 aromatic carbocycles. The van der Waals surface area contributed by atoms with E-state index < -0.39 is 5.60 Å². The Labute approximate surface area is 181 Å². The molecule has 4 rings (SSSR count). The molecule has 148 valence electrons. The van der Waals surface area contributed by atoms with E-state index in [1.807, 2.05) is 48.6 Å². The van der Waals surface area contributed by atoms with Gasteiger partial charge >= 0.3 is 5.97 Å². The lowest BCUT2D eigenvalue weighted by Crippen LogP contribution is -2.30. The van der Waals surface area contributed by atoms with Crippen molar-refractivity contribution in [2.24, 2.45) is 0 Å². The van der Waals surface area contributed by atoms with Crippen molar-refractivity contribution in [1.29, 1.82) is 0 Å². The van der Waals surface area contributed by atoms with Gasteiger partial charge in [0.05, 0.1) is 16.5 Å². The van der Waals surface area contributed by atoms with Crippen molar-refractivity contribution in [3.05, 3.63) is 103 Å². The molecule has 0 aliphatic heterocycles. The maximum absolute atomic E-state index is 12.8. The number of rotatable bonds is 5. The molecule has 0 unspecified atom stereocenters. The van der Waals surface area contributed by atoms with E-state index in [4.69, 9.17) is 4.74 Å². The van der Waals surface area contributed by atoms with E-state index in [9.17, 15) is 4.79 Å². The first-order chi connectivity index (χ1) is 14.7. The van der Waals surface area contributed by atoms with Crippen LogP contribution in [-0.4, -0.2) is 11.6 Å². The molecule has 0 atom stereocenters. The van der Waals surface area contributed by atoms with E-state index >= 15 is 0 Å². The fraction of sp³-hybridized carbons (Fsp3) is 0.148. The highest BCUT2D eigenvalue weighted by Gasteiger charge is 2.34. The highest BCUT2D eigenvalue weighted by atomic mass is 32.2. The first kappa shape index (κ1) is 20.1. The van der Waals surface area contributed by atoms with Crippen LogP contribution in [0.4, 0.5) is 0 Å². The predicted octanol–water partition coefficient (Wildman–Crippen LogP) is 6.05. The fourth-order valence-electron chi connectivity index (χ4n) is 3.55. The molecule has 3 aromatic rings. The smallest absolute Gasteiger partial charge is 0.339 e. The minimum absolute atomic E-state index is 0.236. The Morgan fingerprint density at radius 1 is 0.800 bits per heavy atom. The highest BCUT2D eigenvalue weighted by molar-refractivity contribution is 7.97. The Morgan fingerprint density at radius 2 is 1.30 bits per heavy atom. The number of carbonyl (C=O) groups excluding carboxylic acids is 1. The molecule has 0 bridgehead atoms. The molecule has 30 heavy (non-hydrogen) atoms. The van der Waals surface area contributed by atoms with Gasteiger partial charge in [-0.3, -0.25) is 0 Å². The topological polar surface area (TPSA) is 26.3 Å². The molecule has 0 saturated carbocycles. The van der Waals surface area contributed by atoms with Gasteiger partial charge in [0.15, 0.2) is 20.3 Å². The summed E-state index contributed by atoms with van der Waals surface area (Å²) in [5.41, 5.74) is -0.171. The second kappa shape index (κ2) is 9.07. The van der Waals surface area contributed by atoms with Crippen LogP contribution in [0.15, 0.2) is 112 Å². The van der Waals surface area contributed by atoms with Crippen LogP contribution in [0.2, 0.25) is 0 Å². The van der Waals surface area contributed by atoms with Gasteiger partial charge in [-0.1, -0.05) is 54.5 Å². The predicted molar refractivity (Wildman–Crippen MR) is 121 cm³/mol. The number of ether oxygens (including phenoxy) is 1. The summed E-state index contributed by atoms with van der Waals surface area (Å²) in [7, 11) is -0.236. The standard InChI is InChI=1S/C27H23O2S/c1-2-19-27(20-9-10-21-27)29-26(28)22-15-17-25(18-16-22)30(23-11-5-3-6-12-23)24-13-7-4-8-14-24/h3-18H,20-21H2,1H3/q+1. The third-order valence-electron chi connectivity index (χ3n) is 4.99. The van der Waals surface area contributed by atoms with Crippen molar-refractivity contribution in [3.63, 3.8) is 0 Å². The molecule has 0 amide bonds. The number of carbonyl (C=O) groups is 1. The van der Waals surface area contributed by atoms with Crippen molar-refractivity contribution >= 4 is 16.9 Å². The molecular weight excluding hydrogens is 388 g/mol. The summed E-state index contributed by atoms with van der Waals surface area (Å²) >= 11 is 0. The van der Waals surface area contributed by atoms with E-state index in [1.54, 1.807) is 6.92 Å². The van der Waals surface area contributed by atoms with Crippen LogP contribution >= 0.6 is 0 Å². The second-order valence-electron chi connectivity index (χ2n) is 7.10. The monoisotopic (exact) mass is 411 g/mol. The van der Waals surface area contributed by atoms with Crippen LogP contribution in [0.3, 0.4) is 0 Å². The third kappa shape index (κ3) is 4.35. The summed E-state index contributed by atoms with van der Waals surface area (Å²) in [5.74, 6) is 5.65. The number of benzene rings is 3. The van der Waals surface area contributed by atoms with Crippen LogP contribution in [0.5, 0.6) is 0 Å². The van der Waals surface area contributed by atoms with Gasteiger partial charge in [-0.15, -0.1) is 5.92 Å². The Balaban J connectivity index is 1.61. The number of hydrogen-bond donors (Lipinski definition) is 0. The minimum atomic E-state index is -0.719. The molecule has 3 heteroatoms. The van der Waals surface area contributed by atoms with Crippen LogP contribution < -0.4 is 0 Å². The molecule has 0 spiro atoms. The van der Waals surface area contributed by atoms with Gasteiger partial charge in [0.2, 0.25) is 0 Å². The van der Waals surface area contributed by atoms with Gasteiger partial charge in [-0.2, -0.15) is 0 Å². The van der Waals surface area contributed by atoms with E-state index in [0.717, 1.165) is 4.90 Å². The van der Waals surface area contributed by atoms with Crippen molar-refractivity contribution in [1.82, 2.24) is 0 Å². The lowest BCUT2D eigenvalue weighted by Gasteiger charge is -2.23. The van der Waals surface area contributed by atoms with Crippen molar-refractivity contribution in [2.75, 3.05) is 0 Å². The van der Waals surface area contributed by atoms with Crippen LogP contribution in [0.1, 0.15) is 30.1 Å². The summed E-state index contributed by atoms with van der Waals surface area (Å²) in [6.07, 6.45) is 5.32. The van der Waals surface area contributed by atoms with Crippen LogP contribution in [0.25, 0.3) is 0 Å². The first-order valence-corrected chi connectivity index (χ1v) is 11.2. The summed E-state index contributed by atoms with van der Waals surface area (Å²) < 4.78 is 5.82. The maximum Gasteiger partial charge on any atom is 0.339 e. The normalized spacial score (nSPS) is 14.2. The lowest BCUT2D eigenvalue weighted by atomic mass is 10.0. The maximum atomic E-state index is 12.8. The first-order valence-electron chi connectivity index (χ1n) is 9.97. The molecule has 0 saturated heterocycles. The second-order valence-corrected chi connectivity index (χ2v) is 9.12. The zero-order chi connectivity index (χ0) is 20.8. The number of esters is 1.